The molecular weight excluding hydrogens is 483 g/mol. The first-order valence-electron chi connectivity index (χ1n) is 11.6. The highest BCUT2D eigenvalue weighted by Gasteiger charge is 2.28. The molecule has 0 aliphatic heterocycles. The number of aromatic nitrogens is 2. The molecule has 180 valence electrons. The summed E-state index contributed by atoms with van der Waals surface area (Å²) in [4.78, 5) is 20.4. The molecule has 1 amide bonds. The molecule has 1 atom stereocenters. The standard InChI is InChI=1S/C27H26Cl2N4O2/c28-23-14-20(31-27(23)29)16-33(12-11-19-15-30-24-4-2-1-3-21(19)24)25-9-7-18-13-17(5-8-22(18)25)6-10-26(34)32-35/h1-6,8,10,13-15,25,30-31,35H,7,9,11-12,16H2,(H,32,34)/b10-6+. The Balaban J connectivity index is 1.40. The number of para-hydroxylation sites is 1. The average Bonchev–Trinajstić information content (AvgIpc) is 3.56. The molecule has 4 aromatic rings. The van der Waals surface area contributed by atoms with Crippen LogP contribution in [0.5, 0.6) is 0 Å². The third kappa shape index (κ3) is 5.16. The van der Waals surface area contributed by atoms with E-state index in [2.05, 4.69) is 51.4 Å². The fourth-order valence-electron chi connectivity index (χ4n) is 5.01. The molecular formula is C27H26Cl2N4O2. The minimum atomic E-state index is -0.546. The third-order valence-corrected chi connectivity index (χ3v) is 7.38. The number of carbonyl (C=O) groups excluding carboxylic acids is 1. The molecule has 1 aliphatic rings. The van der Waals surface area contributed by atoms with Gasteiger partial charge in [0.2, 0.25) is 0 Å². The number of nitrogens with zero attached hydrogens (tertiary/aromatic N) is 1. The van der Waals surface area contributed by atoms with Crippen molar-refractivity contribution in [1.29, 1.82) is 0 Å². The number of halogens is 2. The molecule has 0 saturated heterocycles. The number of nitrogens with one attached hydrogen (secondary N) is 3. The molecule has 35 heavy (non-hydrogen) atoms. The molecule has 2 aromatic carbocycles. The van der Waals surface area contributed by atoms with Crippen LogP contribution in [0.4, 0.5) is 0 Å². The Hall–Kier alpha value is -3.03. The van der Waals surface area contributed by atoms with Gasteiger partial charge in [-0.1, -0.05) is 59.6 Å². The molecule has 0 saturated carbocycles. The van der Waals surface area contributed by atoms with Crippen LogP contribution in [0.1, 0.15) is 40.4 Å². The summed E-state index contributed by atoms with van der Waals surface area (Å²) in [5, 5.41) is 11.0. The monoisotopic (exact) mass is 508 g/mol. The summed E-state index contributed by atoms with van der Waals surface area (Å²) in [6, 6.07) is 16.8. The van der Waals surface area contributed by atoms with Crippen molar-refractivity contribution in [1.82, 2.24) is 20.3 Å². The van der Waals surface area contributed by atoms with Gasteiger partial charge in [0, 0.05) is 48.0 Å². The second-order valence-corrected chi connectivity index (χ2v) is 9.64. The zero-order valence-corrected chi connectivity index (χ0v) is 20.5. The van der Waals surface area contributed by atoms with Crippen LogP contribution in [0.25, 0.3) is 17.0 Å². The van der Waals surface area contributed by atoms with Crippen LogP contribution in [0.2, 0.25) is 10.2 Å². The van der Waals surface area contributed by atoms with Crippen molar-refractivity contribution in [2.45, 2.75) is 31.8 Å². The number of aromatic amines is 2. The second kappa shape index (κ2) is 10.3. The molecule has 1 unspecified atom stereocenters. The maximum atomic E-state index is 11.3. The van der Waals surface area contributed by atoms with Gasteiger partial charge >= 0.3 is 0 Å². The minimum absolute atomic E-state index is 0.259. The number of hydrogen-bond acceptors (Lipinski definition) is 3. The number of H-pyrrole nitrogens is 2. The normalized spacial score (nSPS) is 15.4. The predicted molar refractivity (Wildman–Crippen MR) is 140 cm³/mol. The Morgan fingerprint density at radius 1 is 1.20 bits per heavy atom. The quantitative estimate of drug-likeness (QED) is 0.133. The lowest BCUT2D eigenvalue weighted by Crippen LogP contribution is -2.29. The first kappa shape index (κ1) is 23.7. The number of fused-ring (bicyclic) bond motifs is 2. The van der Waals surface area contributed by atoms with E-state index in [4.69, 9.17) is 28.4 Å². The van der Waals surface area contributed by atoms with Gasteiger partial charge in [0.25, 0.3) is 5.91 Å². The summed E-state index contributed by atoms with van der Waals surface area (Å²) in [6.07, 6.45) is 8.01. The SMILES string of the molecule is O=C(/C=C/c1ccc2c(c1)CCC2N(CCc1c[nH]c2ccccc12)Cc1cc(Cl)c(Cl)[nH]1)NO. The minimum Gasteiger partial charge on any atom is -0.361 e. The van der Waals surface area contributed by atoms with Crippen molar-refractivity contribution in [2.24, 2.45) is 0 Å². The molecule has 0 spiro atoms. The van der Waals surface area contributed by atoms with Gasteiger partial charge in [0.05, 0.1) is 5.02 Å². The molecule has 2 aromatic heterocycles. The lowest BCUT2D eigenvalue weighted by atomic mass is 10.0. The number of hydroxylamine groups is 1. The number of carbonyl (C=O) groups is 1. The van der Waals surface area contributed by atoms with Gasteiger partial charge in [-0.25, -0.2) is 5.48 Å². The zero-order chi connectivity index (χ0) is 24.4. The molecule has 8 heteroatoms. The maximum Gasteiger partial charge on any atom is 0.267 e. The van der Waals surface area contributed by atoms with Crippen molar-refractivity contribution >= 4 is 46.1 Å². The van der Waals surface area contributed by atoms with Crippen molar-refractivity contribution in [3.63, 3.8) is 0 Å². The highest BCUT2D eigenvalue weighted by Crippen LogP contribution is 2.38. The topological polar surface area (TPSA) is 84.2 Å². The number of amides is 1. The third-order valence-electron chi connectivity index (χ3n) is 6.69. The molecule has 0 radical (unpaired) electrons. The molecule has 0 fully saturated rings. The molecule has 5 rings (SSSR count). The first-order chi connectivity index (χ1) is 17.0. The van der Waals surface area contributed by atoms with Crippen LogP contribution < -0.4 is 5.48 Å². The van der Waals surface area contributed by atoms with Crippen LogP contribution in [-0.2, 0) is 24.2 Å². The van der Waals surface area contributed by atoms with Crippen LogP contribution in [0.3, 0.4) is 0 Å². The van der Waals surface area contributed by atoms with Gasteiger partial charge in [-0.15, -0.1) is 0 Å². The first-order valence-corrected chi connectivity index (χ1v) is 12.3. The van der Waals surface area contributed by atoms with Gasteiger partial charge in [-0.05, 0) is 59.7 Å². The van der Waals surface area contributed by atoms with E-state index in [1.807, 2.05) is 18.2 Å². The van der Waals surface area contributed by atoms with E-state index in [0.29, 0.717) is 16.7 Å². The fourth-order valence-corrected chi connectivity index (χ4v) is 5.37. The van der Waals surface area contributed by atoms with E-state index in [-0.39, 0.29) is 6.04 Å². The summed E-state index contributed by atoms with van der Waals surface area (Å²) < 4.78 is 0. The summed E-state index contributed by atoms with van der Waals surface area (Å²) in [5.41, 5.74) is 8.57. The highest BCUT2D eigenvalue weighted by molar-refractivity contribution is 6.41. The largest absolute Gasteiger partial charge is 0.361 e. The highest BCUT2D eigenvalue weighted by atomic mass is 35.5. The number of benzene rings is 2. The fraction of sp³-hybridized carbons (Fsp3) is 0.222. The summed E-state index contributed by atoms with van der Waals surface area (Å²) in [5.74, 6) is -0.546. The van der Waals surface area contributed by atoms with E-state index in [9.17, 15) is 4.79 Å². The van der Waals surface area contributed by atoms with Gasteiger partial charge in [0.15, 0.2) is 0 Å². The van der Waals surface area contributed by atoms with Crippen LogP contribution >= 0.6 is 23.2 Å². The Morgan fingerprint density at radius 2 is 2.06 bits per heavy atom. The average molecular weight is 509 g/mol. The predicted octanol–water partition coefficient (Wildman–Crippen LogP) is 6.05. The van der Waals surface area contributed by atoms with Crippen LogP contribution in [0, 0.1) is 0 Å². The van der Waals surface area contributed by atoms with Crippen LogP contribution in [-0.4, -0.2) is 32.5 Å². The molecule has 0 bridgehead atoms. The van der Waals surface area contributed by atoms with Crippen molar-refractivity contribution in [3.8, 4) is 0 Å². The Labute approximate surface area is 213 Å². The van der Waals surface area contributed by atoms with E-state index in [1.54, 1.807) is 11.6 Å². The molecule has 1 aliphatic carbocycles. The van der Waals surface area contributed by atoms with E-state index >= 15 is 0 Å². The van der Waals surface area contributed by atoms with E-state index in [0.717, 1.165) is 42.6 Å². The Morgan fingerprint density at radius 3 is 2.86 bits per heavy atom. The smallest absolute Gasteiger partial charge is 0.267 e. The summed E-state index contributed by atoms with van der Waals surface area (Å²) in [6.45, 7) is 1.58. The number of rotatable bonds is 8. The van der Waals surface area contributed by atoms with Gasteiger partial charge in [-0.3, -0.25) is 14.9 Å². The number of aryl methyl sites for hydroxylation is 1. The van der Waals surface area contributed by atoms with Gasteiger partial charge < -0.3 is 9.97 Å². The maximum absolute atomic E-state index is 11.3. The van der Waals surface area contributed by atoms with Crippen molar-refractivity contribution in [2.75, 3.05) is 6.54 Å². The lowest BCUT2D eigenvalue weighted by Gasteiger charge is -2.29. The number of hydrogen-bond donors (Lipinski definition) is 4. The van der Waals surface area contributed by atoms with Gasteiger partial charge in [0.1, 0.15) is 5.15 Å². The molecule has 4 N–H and O–H groups in total. The van der Waals surface area contributed by atoms with Crippen LogP contribution in [0.15, 0.2) is 60.8 Å². The second-order valence-electron chi connectivity index (χ2n) is 8.86. The summed E-state index contributed by atoms with van der Waals surface area (Å²) in [7, 11) is 0. The van der Waals surface area contributed by atoms with Crippen molar-refractivity contribution < 1.29 is 10.0 Å². The van der Waals surface area contributed by atoms with Crippen molar-refractivity contribution in [3.05, 3.63) is 98.9 Å². The molecule has 2 heterocycles. The molecule has 6 nitrogen and oxygen atoms in total. The van der Waals surface area contributed by atoms with E-state index in [1.165, 1.54) is 28.2 Å². The Bertz CT molecular complexity index is 1370. The summed E-state index contributed by atoms with van der Waals surface area (Å²) >= 11 is 12.4. The lowest BCUT2D eigenvalue weighted by molar-refractivity contribution is -0.124. The Kier molecular flexibility index (Phi) is 6.97. The van der Waals surface area contributed by atoms with Gasteiger partial charge in [-0.2, -0.15) is 0 Å². The zero-order valence-electron chi connectivity index (χ0n) is 19.0. The van der Waals surface area contributed by atoms with E-state index < -0.39 is 5.91 Å².